The van der Waals surface area contributed by atoms with Gasteiger partial charge in [0.05, 0.1) is 5.52 Å². The van der Waals surface area contributed by atoms with Crippen LogP contribution in [0.15, 0.2) is 18.2 Å². The molecule has 98 valence electrons. The lowest BCUT2D eigenvalue weighted by molar-refractivity contribution is 0.170. The Morgan fingerprint density at radius 1 is 1.39 bits per heavy atom. The highest BCUT2D eigenvalue weighted by Gasteiger charge is 2.22. The van der Waals surface area contributed by atoms with Crippen molar-refractivity contribution in [1.29, 1.82) is 0 Å². The van der Waals surface area contributed by atoms with Crippen LogP contribution in [0.3, 0.4) is 0 Å². The Morgan fingerprint density at radius 3 is 2.67 bits per heavy atom. The number of hydrogen-bond donors (Lipinski definition) is 1. The number of aromatic nitrogens is 2. The molecule has 2 rings (SSSR count). The highest BCUT2D eigenvalue weighted by Crippen LogP contribution is 2.21. The van der Waals surface area contributed by atoms with E-state index in [1.54, 1.807) is 6.07 Å². The molecular weight excluding hydrogens is 249 g/mol. The van der Waals surface area contributed by atoms with Gasteiger partial charge in [0.15, 0.2) is 4.77 Å². The van der Waals surface area contributed by atoms with Gasteiger partial charge in [-0.3, -0.25) is 0 Å². The summed E-state index contributed by atoms with van der Waals surface area (Å²) < 4.78 is 16.2. The van der Waals surface area contributed by atoms with E-state index >= 15 is 0 Å². The van der Waals surface area contributed by atoms with Crippen molar-refractivity contribution in [3.8, 4) is 0 Å². The molecule has 0 spiro atoms. The van der Waals surface area contributed by atoms with Gasteiger partial charge in [0.2, 0.25) is 0 Å². The molecule has 0 aliphatic rings. The Labute approximate surface area is 111 Å². The van der Waals surface area contributed by atoms with E-state index in [0.29, 0.717) is 16.8 Å². The summed E-state index contributed by atoms with van der Waals surface area (Å²) in [4.78, 5) is 5.07. The third kappa shape index (κ3) is 2.20. The van der Waals surface area contributed by atoms with E-state index in [-0.39, 0.29) is 11.4 Å². The number of para-hydroxylation sites is 1. The lowest BCUT2D eigenvalue weighted by atomic mass is 10.0. The number of H-pyrrole nitrogens is 1. The summed E-state index contributed by atoms with van der Waals surface area (Å²) in [7, 11) is 4.05. The number of benzene rings is 1. The maximum absolute atomic E-state index is 13.7. The second-order valence-corrected chi connectivity index (χ2v) is 5.74. The summed E-state index contributed by atoms with van der Waals surface area (Å²) in [6, 6.07) is 5.03. The Balaban J connectivity index is 2.56. The van der Waals surface area contributed by atoms with Crippen molar-refractivity contribution in [3.05, 3.63) is 28.8 Å². The van der Waals surface area contributed by atoms with Crippen molar-refractivity contribution >= 4 is 23.3 Å². The first-order valence-corrected chi connectivity index (χ1v) is 6.28. The normalized spacial score (nSPS) is 12.6. The van der Waals surface area contributed by atoms with Gasteiger partial charge in [0, 0.05) is 12.1 Å². The molecule has 1 aromatic carbocycles. The lowest BCUT2D eigenvalue weighted by Crippen LogP contribution is -2.42. The monoisotopic (exact) mass is 267 g/mol. The molecule has 5 heteroatoms. The van der Waals surface area contributed by atoms with Gasteiger partial charge in [-0.1, -0.05) is 6.07 Å². The van der Waals surface area contributed by atoms with Gasteiger partial charge in [-0.05, 0) is 52.3 Å². The minimum Gasteiger partial charge on any atom is -0.328 e. The highest BCUT2D eigenvalue weighted by atomic mass is 32.1. The molecule has 0 radical (unpaired) electrons. The second kappa shape index (κ2) is 4.48. The van der Waals surface area contributed by atoms with E-state index in [0.717, 1.165) is 5.52 Å². The van der Waals surface area contributed by atoms with Crippen molar-refractivity contribution in [1.82, 2.24) is 14.5 Å². The van der Waals surface area contributed by atoms with Crippen molar-refractivity contribution in [2.45, 2.75) is 25.9 Å². The van der Waals surface area contributed by atoms with E-state index in [1.807, 2.05) is 24.7 Å². The first kappa shape index (κ1) is 13.2. The molecular formula is C13H18FN3S. The zero-order valence-corrected chi connectivity index (χ0v) is 11.9. The first-order chi connectivity index (χ1) is 8.33. The fraction of sp³-hybridized carbons (Fsp3) is 0.462. The molecule has 3 nitrogen and oxygen atoms in total. The van der Waals surface area contributed by atoms with Gasteiger partial charge in [0.1, 0.15) is 11.3 Å². The number of halogens is 1. The molecule has 0 amide bonds. The molecule has 0 atom stereocenters. The summed E-state index contributed by atoms with van der Waals surface area (Å²) in [5, 5.41) is 0. The molecule has 1 aromatic heterocycles. The van der Waals surface area contributed by atoms with Crippen LogP contribution in [0.5, 0.6) is 0 Å². The van der Waals surface area contributed by atoms with Gasteiger partial charge < -0.3 is 14.5 Å². The van der Waals surface area contributed by atoms with Crippen LogP contribution < -0.4 is 0 Å². The predicted molar refractivity (Wildman–Crippen MR) is 74.8 cm³/mol. The molecule has 0 aliphatic heterocycles. The van der Waals surface area contributed by atoms with Crippen LogP contribution in [0.2, 0.25) is 0 Å². The minimum atomic E-state index is -0.264. The number of fused-ring (bicyclic) bond motifs is 1. The van der Waals surface area contributed by atoms with Crippen LogP contribution in [0.25, 0.3) is 11.0 Å². The number of likely N-dealkylation sites (N-methyl/N-ethyl adjacent to an activating group) is 1. The summed E-state index contributed by atoms with van der Waals surface area (Å²) in [5.74, 6) is -0.264. The Kier molecular flexibility index (Phi) is 3.29. The molecule has 0 saturated heterocycles. The number of nitrogens with zero attached hydrogens (tertiary/aromatic N) is 2. The largest absolute Gasteiger partial charge is 0.328 e. The topological polar surface area (TPSA) is 24.0 Å². The van der Waals surface area contributed by atoms with Crippen LogP contribution in [0.4, 0.5) is 4.39 Å². The van der Waals surface area contributed by atoms with Crippen molar-refractivity contribution in [3.63, 3.8) is 0 Å². The van der Waals surface area contributed by atoms with Crippen LogP contribution in [0, 0.1) is 10.6 Å². The molecule has 1 heterocycles. The average molecular weight is 267 g/mol. The number of hydrogen-bond acceptors (Lipinski definition) is 2. The molecule has 0 saturated carbocycles. The van der Waals surface area contributed by atoms with E-state index in [9.17, 15) is 4.39 Å². The van der Waals surface area contributed by atoms with E-state index in [1.165, 1.54) is 6.07 Å². The molecule has 0 unspecified atom stereocenters. The fourth-order valence-electron chi connectivity index (χ4n) is 1.83. The van der Waals surface area contributed by atoms with Gasteiger partial charge in [-0.15, -0.1) is 0 Å². The van der Waals surface area contributed by atoms with Crippen molar-refractivity contribution < 1.29 is 4.39 Å². The van der Waals surface area contributed by atoms with Gasteiger partial charge in [-0.25, -0.2) is 4.39 Å². The van der Waals surface area contributed by atoms with Crippen LogP contribution >= 0.6 is 12.2 Å². The minimum absolute atomic E-state index is 0.0559. The van der Waals surface area contributed by atoms with E-state index < -0.39 is 0 Å². The molecule has 0 aliphatic carbocycles. The van der Waals surface area contributed by atoms with Crippen molar-refractivity contribution in [2.75, 3.05) is 14.1 Å². The molecule has 2 aromatic rings. The Bertz CT molecular complexity index is 625. The number of rotatable bonds is 3. The van der Waals surface area contributed by atoms with Crippen molar-refractivity contribution in [2.24, 2.45) is 0 Å². The van der Waals surface area contributed by atoms with Crippen LogP contribution in [0.1, 0.15) is 13.8 Å². The van der Waals surface area contributed by atoms with Gasteiger partial charge in [0.25, 0.3) is 0 Å². The third-order valence-corrected chi connectivity index (χ3v) is 3.84. The number of imidazole rings is 1. The van der Waals surface area contributed by atoms with E-state index in [2.05, 4.69) is 23.7 Å². The zero-order chi connectivity index (χ0) is 13.5. The van der Waals surface area contributed by atoms with E-state index in [4.69, 9.17) is 12.2 Å². The van der Waals surface area contributed by atoms with Crippen LogP contribution in [-0.4, -0.2) is 34.1 Å². The molecule has 18 heavy (non-hydrogen) atoms. The smallest absolute Gasteiger partial charge is 0.178 e. The summed E-state index contributed by atoms with van der Waals surface area (Å²) in [6.07, 6.45) is 0. The Hall–Kier alpha value is -1.20. The lowest BCUT2D eigenvalue weighted by Gasteiger charge is -2.33. The standard InChI is InChI=1S/C13H18FN3S/c1-13(2,16(3)4)8-17-10-7-5-6-9(14)11(10)15-12(17)18/h5-7H,8H2,1-4H3,(H,15,18). The van der Waals surface area contributed by atoms with Gasteiger partial charge in [-0.2, -0.15) is 0 Å². The van der Waals surface area contributed by atoms with Gasteiger partial charge >= 0.3 is 0 Å². The first-order valence-electron chi connectivity index (χ1n) is 5.87. The Morgan fingerprint density at radius 2 is 2.06 bits per heavy atom. The predicted octanol–water partition coefficient (Wildman–Crippen LogP) is 3.18. The summed E-state index contributed by atoms with van der Waals surface area (Å²) >= 11 is 5.29. The maximum Gasteiger partial charge on any atom is 0.178 e. The zero-order valence-electron chi connectivity index (χ0n) is 11.1. The summed E-state index contributed by atoms with van der Waals surface area (Å²) in [6.45, 7) is 4.97. The number of aromatic amines is 1. The SMILES string of the molecule is CN(C)C(C)(C)Cn1c(=S)[nH]c2c(F)cccc21. The fourth-order valence-corrected chi connectivity index (χ4v) is 2.10. The quantitative estimate of drug-likeness (QED) is 0.864. The maximum atomic E-state index is 13.7. The van der Waals surface area contributed by atoms with Crippen LogP contribution in [-0.2, 0) is 6.54 Å². The molecule has 1 N–H and O–H groups in total. The second-order valence-electron chi connectivity index (χ2n) is 5.36. The number of nitrogens with one attached hydrogen (secondary N) is 1. The summed E-state index contributed by atoms with van der Waals surface area (Å²) in [5.41, 5.74) is 1.24. The highest BCUT2D eigenvalue weighted by molar-refractivity contribution is 7.71. The molecule has 0 fully saturated rings. The third-order valence-electron chi connectivity index (χ3n) is 3.52. The average Bonchev–Trinajstić information content (AvgIpc) is 2.57. The molecule has 0 bridgehead atoms.